The van der Waals surface area contributed by atoms with Gasteiger partial charge in [-0.25, -0.2) is 13.8 Å². The van der Waals surface area contributed by atoms with Crippen LogP contribution in [-0.2, 0) is 9.53 Å². The van der Waals surface area contributed by atoms with E-state index in [1.54, 1.807) is 0 Å². The first-order chi connectivity index (χ1) is 15.0. The van der Waals surface area contributed by atoms with Crippen molar-refractivity contribution in [2.45, 2.75) is 31.6 Å². The number of aliphatic imine (C=N–C) groups is 1. The van der Waals surface area contributed by atoms with Crippen LogP contribution in [0.1, 0.15) is 25.7 Å². The van der Waals surface area contributed by atoms with Crippen molar-refractivity contribution in [2.75, 3.05) is 48.0 Å². The van der Waals surface area contributed by atoms with Crippen LogP contribution in [0.5, 0.6) is 0 Å². The molecule has 0 spiro atoms. The van der Waals surface area contributed by atoms with E-state index in [1.165, 1.54) is 0 Å². The summed E-state index contributed by atoms with van der Waals surface area (Å²) in [6.45, 7) is 3.43. The van der Waals surface area contributed by atoms with Crippen molar-refractivity contribution in [3.8, 4) is 0 Å². The molecule has 6 nitrogen and oxygen atoms in total. The smallest absolute Gasteiger partial charge is 0.254 e. The van der Waals surface area contributed by atoms with Crippen LogP contribution in [0.25, 0.3) is 0 Å². The van der Waals surface area contributed by atoms with Crippen LogP contribution in [0.4, 0.5) is 25.8 Å². The number of ether oxygens (including phenoxy) is 1. The van der Waals surface area contributed by atoms with Crippen molar-refractivity contribution < 1.29 is 18.3 Å². The van der Waals surface area contributed by atoms with Crippen molar-refractivity contribution >= 4 is 29.2 Å². The lowest BCUT2D eigenvalue weighted by atomic mass is 9.99. The molecule has 31 heavy (non-hydrogen) atoms. The van der Waals surface area contributed by atoms with E-state index in [1.807, 2.05) is 17.2 Å². The number of hydrogen-bond acceptors (Lipinski definition) is 5. The molecule has 164 valence electrons. The van der Waals surface area contributed by atoms with Gasteiger partial charge in [0.15, 0.2) is 0 Å². The van der Waals surface area contributed by atoms with E-state index in [0.29, 0.717) is 32.6 Å². The first kappa shape index (κ1) is 19.2. The zero-order chi connectivity index (χ0) is 21.2. The Hall–Kier alpha value is -2.48. The molecule has 3 fully saturated rings. The fraction of sp³-hybridized carbons (Fsp3) is 0.565. The zero-order valence-electron chi connectivity index (χ0n) is 17.3. The Morgan fingerprint density at radius 1 is 1.19 bits per heavy atom. The Labute approximate surface area is 179 Å². The van der Waals surface area contributed by atoms with Gasteiger partial charge in [-0.3, -0.25) is 4.79 Å². The third-order valence-electron chi connectivity index (χ3n) is 7.44. The molecule has 1 saturated heterocycles. The number of benzene rings is 1. The van der Waals surface area contributed by atoms with Gasteiger partial charge in [-0.2, -0.15) is 0 Å². The fourth-order valence-corrected chi connectivity index (χ4v) is 5.58. The minimum absolute atomic E-state index is 0.0338. The standard InChI is InChI=1S/C23H26F2N4O2/c24-23(25)17-10-15(11-18(17)23)22(30)29-13-14-2-1-5-26-21(14)27-19-4-3-16(12-20(19)29)28-6-8-31-9-7-28/h3-5,12,15,17-18,27H,1-2,6-11,13H2/t15?,17-,18+. The summed E-state index contributed by atoms with van der Waals surface area (Å²) in [5.74, 6) is -3.34. The molecule has 1 aromatic carbocycles. The van der Waals surface area contributed by atoms with Crippen molar-refractivity contribution in [1.82, 2.24) is 0 Å². The molecular weight excluding hydrogens is 402 g/mol. The van der Waals surface area contributed by atoms with Crippen LogP contribution in [0.15, 0.2) is 34.6 Å². The highest BCUT2D eigenvalue weighted by Gasteiger charge is 2.72. The molecule has 0 radical (unpaired) electrons. The number of nitrogens with zero attached hydrogens (tertiary/aromatic N) is 3. The van der Waals surface area contributed by atoms with Gasteiger partial charge in [0.1, 0.15) is 5.82 Å². The maximum atomic E-state index is 13.7. The van der Waals surface area contributed by atoms with Gasteiger partial charge in [0, 0.05) is 42.7 Å². The van der Waals surface area contributed by atoms with E-state index in [0.717, 1.165) is 54.4 Å². The van der Waals surface area contributed by atoms with E-state index >= 15 is 0 Å². The van der Waals surface area contributed by atoms with Gasteiger partial charge in [0.2, 0.25) is 5.91 Å². The van der Waals surface area contributed by atoms with E-state index in [4.69, 9.17) is 4.74 Å². The van der Waals surface area contributed by atoms with Gasteiger partial charge < -0.3 is 19.9 Å². The molecule has 2 saturated carbocycles. The fourth-order valence-electron chi connectivity index (χ4n) is 5.58. The molecule has 1 aromatic rings. The number of rotatable bonds is 2. The van der Waals surface area contributed by atoms with E-state index in [-0.39, 0.29) is 11.8 Å². The number of alkyl halides is 2. The molecule has 2 aliphatic carbocycles. The molecular formula is C23H26F2N4O2. The minimum atomic E-state index is -2.56. The number of morpholine rings is 1. The monoisotopic (exact) mass is 428 g/mol. The summed E-state index contributed by atoms with van der Waals surface area (Å²) >= 11 is 0. The van der Waals surface area contributed by atoms with Crippen molar-refractivity contribution in [1.29, 1.82) is 0 Å². The number of nitrogens with one attached hydrogen (secondary N) is 1. The number of carbonyl (C=O) groups excluding carboxylic acids is 1. The third-order valence-corrected chi connectivity index (χ3v) is 7.44. The van der Waals surface area contributed by atoms with Crippen molar-refractivity contribution in [3.63, 3.8) is 0 Å². The number of hydrogen-bond donors (Lipinski definition) is 1. The minimum Gasteiger partial charge on any atom is -0.378 e. The van der Waals surface area contributed by atoms with Crippen LogP contribution in [0.2, 0.25) is 0 Å². The first-order valence-corrected chi connectivity index (χ1v) is 11.2. The SMILES string of the molecule is O=C(C1C[C@@H]2[C@H](C1)C2(F)F)N1CC2=C(N=CCC2)Nc2ccc(N3CCOCC3)cc21. The predicted octanol–water partition coefficient (Wildman–Crippen LogP) is 3.65. The molecule has 3 aliphatic heterocycles. The summed E-state index contributed by atoms with van der Waals surface area (Å²) in [5.41, 5.74) is 3.79. The lowest BCUT2D eigenvalue weighted by molar-refractivity contribution is -0.123. The maximum absolute atomic E-state index is 13.7. The van der Waals surface area contributed by atoms with Crippen LogP contribution in [0, 0.1) is 17.8 Å². The lowest BCUT2D eigenvalue weighted by Gasteiger charge is -2.32. The summed E-state index contributed by atoms with van der Waals surface area (Å²) in [7, 11) is 0. The topological polar surface area (TPSA) is 57.2 Å². The average Bonchev–Trinajstić information content (AvgIpc) is 3.10. The van der Waals surface area contributed by atoms with Gasteiger partial charge in [-0.15, -0.1) is 0 Å². The predicted molar refractivity (Wildman–Crippen MR) is 115 cm³/mol. The molecule has 1 unspecified atom stereocenters. The highest BCUT2D eigenvalue weighted by molar-refractivity contribution is 6.00. The highest BCUT2D eigenvalue weighted by Crippen LogP contribution is 2.66. The molecule has 0 aromatic heterocycles. The quantitative estimate of drug-likeness (QED) is 0.781. The number of halogens is 2. The van der Waals surface area contributed by atoms with Crippen molar-refractivity contribution in [2.24, 2.45) is 22.7 Å². The zero-order valence-corrected chi connectivity index (χ0v) is 17.3. The highest BCUT2D eigenvalue weighted by atomic mass is 19.3. The van der Waals surface area contributed by atoms with E-state index < -0.39 is 17.8 Å². The van der Waals surface area contributed by atoms with Crippen LogP contribution < -0.4 is 15.1 Å². The average molecular weight is 428 g/mol. The van der Waals surface area contributed by atoms with Gasteiger partial charge in [-0.1, -0.05) is 0 Å². The van der Waals surface area contributed by atoms with E-state index in [9.17, 15) is 13.6 Å². The molecule has 3 heterocycles. The number of carbonyl (C=O) groups is 1. The molecule has 1 amide bonds. The van der Waals surface area contributed by atoms with Gasteiger partial charge in [-0.05, 0) is 49.5 Å². The second-order valence-electron chi connectivity index (χ2n) is 9.21. The summed E-state index contributed by atoms with van der Waals surface area (Å²) in [6.07, 6.45) is 4.18. The number of fused-ring (bicyclic) bond motifs is 2. The van der Waals surface area contributed by atoms with Gasteiger partial charge in [0.25, 0.3) is 5.92 Å². The summed E-state index contributed by atoms with van der Waals surface area (Å²) in [4.78, 5) is 22.2. The molecule has 6 rings (SSSR count). The number of amides is 1. The first-order valence-electron chi connectivity index (χ1n) is 11.2. The maximum Gasteiger partial charge on any atom is 0.254 e. The summed E-state index contributed by atoms with van der Waals surface area (Å²) in [5, 5.41) is 3.42. The molecule has 8 heteroatoms. The second-order valence-corrected chi connectivity index (χ2v) is 9.21. The Morgan fingerprint density at radius 2 is 1.97 bits per heavy atom. The van der Waals surface area contributed by atoms with E-state index in [2.05, 4.69) is 27.3 Å². The van der Waals surface area contributed by atoms with Gasteiger partial charge >= 0.3 is 0 Å². The largest absolute Gasteiger partial charge is 0.378 e. The van der Waals surface area contributed by atoms with Crippen LogP contribution in [-0.4, -0.2) is 50.9 Å². The Morgan fingerprint density at radius 3 is 2.74 bits per heavy atom. The second kappa shape index (κ2) is 7.02. The molecule has 5 aliphatic rings. The van der Waals surface area contributed by atoms with Crippen LogP contribution >= 0.6 is 0 Å². The summed E-state index contributed by atoms with van der Waals surface area (Å²) < 4.78 is 32.9. The summed E-state index contributed by atoms with van der Waals surface area (Å²) in [6, 6.07) is 6.11. The molecule has 0 bridgehead atoms. The Bertz CT molecular complexity index is 972. The Balaban J connectivity index is 1.34. The molecule has 1 N–H and O–H groups in total. The van der Waals surface area contributed by atoms with Crippen LogP contribution in [0.3, 0.4) is 0 Å². The normalized spacial score (nSPS) is 30.8. The van der Waals surface area contributed by atoms with Gasteiger partial charge in [0.05, 0.1) is 31.1 Å². The van der Waals surface area contributed by atoms with Crippen molar-refractivity contribution in [3.05, 3.63) is 29.6 Å². The third kappa shape index (κ3) is 3.14. The lowest BCUT2D eigenvalue weighted by Crippen LogP contribution is -2.39. The Kier molecular flexibility index (Phi) is 4.35. The number of anilines is 3. The molecule has 3 atom stereocenters.